The molecular formula is C30H35N5O4S2. The van der Waals surface area contributed by atoms with Gasteiger partial charge in [0.25, 0.3) is 0 Å². The van der Waals surface area contributed by atoms with Gasteiger partial charge in [-0.25, -0.2) is 18.2 Å². The summed E-state index contributed by atoms with van der Waals surface area (Å²) >= 11 is 1.36. The third kappa shape index (κ3) is 8.26. The second-order valence-corrected chi connectivity index (χ2v) is 12.9. The minimum atomic E-state index is -3.40. The molecule has 11 heteroatoms. The monoisotopic (exact) mass is 593 g/mol. The predicted octanol–water partition coefficient (Wildman–Crippen LogP) is 5.06. The number of hydrogen-bond acceptors (Lipinski definition) is 7. The van der Waals surface area contributed by atoms with E-state index in [4.69, 9.17) is 4.74 Å². The highest BCUT2D eigenvalue weighted by Crippen LogP contribution is 2.30. The normalized spacial score (nSPS) is 14.3. The average molecular weight is 594 g/mol. The summed E-state index contributed by atoms with van der Waals surface area (Å²) in [5.74, 6) is 0.152. The summed E-state index contributed by atoms with van der Waals surface area (Å²) < 4.78 is 32.1. The molecule has 5 rings (SSSR count). The molecule has 3 aromatic carbocycles. The number of rotatable bonds is 11. The Labute approximate surface area is 245 Å². The van der Waals surface area contributed by atoms with Gasteiger partial charge >= 0.3 is 6.03 Å². The van der Waals surface area contributed by atoms with Crippen LogP contribution in [0.3, 0.4) is 0 Å². The van der Waals surface area contributed by atoms with E-state index in [2.05, 4.69) is 68.5 Å². The molecule has 216 valence electrons. The van der Waals surface area contributed by atoms with Gasteiger partial charge in [0.05, 0.1) is 35.4 Å². The van der Waals surface area contributed by atoms with E-state index in [1.54, 1.807) is 18.2 Å². The van der Waals surface area contributed by atoms with Crippen LogP contribution >= 0.6 is 11.3 Å². The molecule has 1 aromatic heterocycles. The molecule has 2 amide bonds. The molecule has 1 saturated heterocycles. The van der Waals surface area contributed by atoms with Gasteiger partial charge in [0, 0.05) is 38.6 Å². The lowest BCUT2D eigenvalue weighted by Crippen LogP contribution is -2.44. The summed E-state index contributed by atoms with van der Waals surface area (Å²) in [4.78, 5) is 22.4. The van der Waals surface area contributed by atoms with Crippen molar-refractivity contribution in [3.63, 3.8) is 0 Å². The van der Waals surface area contributed by atoms with Crippen molar-refractivity contribution in [2.24, 2.45) is 0 Å². The number of hydrogen-bond donors (Lipinski definition) is 2. The molecule has 0 unspecified atom stereocenters. The fourth-order valence-electron chi connectivity index (χ4n) is 5.01. The van der Waals surface area contributed by atoms with Gasteiger partial charge in [-0.2, -0.15) is 0 Å². The number of nitrogens with zero attached hydrogens (tertiary/aromatic N) is 3. The van der Waals surface area contributed by atoms with Crippen molar-refractivity contribution in [3.05, 3.63) is 90.0 Å². The second-order valence-electron chi connectivity index (χ2n) is 10.1. The molecule has 2 heterocycles. The van der Waals surface area contributed by atoms with Crippen LogP contribution in [0.4, 0.5) is 15.6 Å². The number of sulfonamides is 1. The van der Waals surface area contributed by atoms with E-state index in [1.165, 1.54) is 22.5 Å². The van der Waals surface area contributed by atoms with Crippen LogP contribution in [0.2, 0.25) is 0 Å². The van der Waals surface area contributed by atoms with Crippen molar-refractivity contribution in [1.29, 1.82) is 0 Å². The maximum absolute atomic E-state index is 13.6. The topological polar surface area (TPSA) is 104 Å². The number of amides is 2. The fourth-order valence-corrected chi connectivity index (χ4v) is 6.40. The number of morpholine rings is 1. The molecule has 0 atom stereocenters. The van der Waals surface area contributed by atoms with Crippen LogP contribution in [0, 0.1) is 0 Å². The molecule has 1 aliphatic heterocycles. The Morgan fingerprint density at radius 3 is 2.29 bits per heavy atom. The van der Waals surface area contributed by atoms with E-state index >= 15 is 0 Å². The molecule has 1 fully saturated rings. The highest BCUT2D eigenvalue weighted by Gasteiger charge is 2.21. The van der Waals surface area contributed by atoms with Gasteiger partial charge in [0.15, 0.2) is 5.13 Å². The number of anilines is 2. The van der Waals surface area contributed by atoms with Crippen molar-refractivity contribution in [2.75, 3.05) is 62.2 Å². The van der Waals surface area contributed by atoms with Gasteiger partial charge in [0.1, 0.15) is 0 Å². The molecule has 0 radical (unpaired) electrons. The first-order valence-electron chi connectivity index (χ1n) is 13.7. The number of carbonyl (C=O) groups excluding carboxylic acids is 1. The molecule has 9 nitrogen and oxygen atoms in total. The second kappa shape index (κ2) is 13.4. The molecule has 41 heavy (non-hydrogen) atoms. The van der Waals surface area contributed by atoms with Crippen LogP contribution in [0.1, 0.15) is 23.5 Å². The summed E-state index contributed by atoms with van der Waals surface area (Å²) in [6.07, 6.45) is 1.88. The van der Waals surface area contributed by atoms with Crippen molar-refractivity contribution in [2.45, 2.75) is 12.3 Å². The van der Waals surface area contributed by atoms with E-state index < -0.39 is 10.0 Å². The maximum Gasteiger partial charge on any atom is 0.323 e. The Hall–Kier alpha value is -3.51. The summed E-state index contributed by atoms with van der Waals surface area (Å²) in [7, 11) is -3.40. The first kappa shape index (κ1) is 29.0. The Morgan fingerprint density at radius 1 is 1.00 bits per heavy atom. The highest BCUT2D eigenvalue weighted by atomic mass is 32.2. The number of urea groups is 1. The van der Waals surface area contributed by atoms with E-state index in [1.807, 2.05) is 17.0 Å². The number of thiazole rings is 1. The molecule has 0 saturated carbocycles. The van der Waals surface area contributed by atoms with Gasteiger partial charge in [-0.05, 0) is 35.7 Å². The van der Waals surface area contributed by atoms with Crippen LogP contribution in [0.25, 0.3) is 10.2 Å². The van der Waals surface area contributed by atoms with Gasteiger partial charge in [-0.15, -0.1) is 0 Å². The Balaban J connectivity index is 1.33. The summed E-state index contributed by atoms with van der Waals surface area (Å²) in [6, 6.07) is 25.8. The Kier molecular flexibility index (Phi) is 9.50. The van der Waals surface area contributed by atoms with Crippen molar-refractivity contribution in [1.82, 2.24) is 14.8 Å². The third-order valence-electron chi connectivity index (χ3n) is 7.07. The number of benzene rings is 3. The molecule has 0 spiro atoms. The number of ether oxygens (including phenoxy) is 1. The van der Waals surface area contributed by atoms with Gasteiger partial charge in [0.2, 0.25) is 10.0 Å². The molecule has 1 aliphatic rings. The van der Waals surface area contributed by atoms with Crippen LogP contribution < -0.4 is 10.0 Å². The van der Waals surface area contributed by atoms with E-state index in [9.17, 15) is 13.2 Å². The quantitative estimate of drug-likeness (QED) is 0.252. The fraction of sp³-hybridized carbons (Fsp3) is 0.333. The molecule has 0 aliphatic carbocycles. The van der Waals surface area contributed by atoms with E-state index in [0.29, 0.717) is 42.6 Å². The zero-order chi connectivity index (χ0) is 28.7. The summed E-state index contributed by atoms with van der Waals surface area (Å²) in [6.45, 7) is 5.03. The number of nitrogens with one attached hydrogen (secondary N) is 2. The van der Waals surface area contributed by atoms with Crippen LogP contribution in [-0.2, 0) is 14.8 Å². The van der Waals surface area contributed by atoms with Gasteiger partial charge in [-0.3, -0.25) is 14.9 Å². The Bertz CT molecular complexity index is 1500. The third-order valence-corrected chi connectivity index (χ3v) is 8.63. The lowest BCUT2D eigenvalue weighted by atomic mass is 9.88. The molecule has 2 N–H and O–H groups in total. The molecular weight excluding hydrogens is 558 g/mol. The highest BCUT2D eigenvalue weighted by molar-refractivity contribution is 7.92. The van der Waals surface area contributed by atoms with Crippen molar-refractivity contribution >= 4 is 48.4 Å². The molecule has 0 bridgehead atoms. The van der Waals surface area contributed by atoms with Crippen molar-refractivity contribution < 1.29 is 17.9 Å². The largest absolute Gasteiger partial charge is 0.379 e. The first-order valence-corrected chi connectivity index (χ1v) is 16.4. The van der Waals surface area contributed by atoms with Gasteiger partial charge < -0.3 is 9.64 Å². The predicted molar refractivity (Wildman–Crippen MR) is 165 cm³/mol. The SMILES string of the molecule is CS(=O)(=O)Nc1ccc2sc(NC(=O)N(CCC(c3ccccc3)c3ccccc3)CCN3CCOCC3)nc2c1. The minimum Gasteiger partial charge on any atom is -0.379 e. The number of carbonyl (C=O) groups is 1. The van der Waals surface area contributed by atoms with Crippen molar-refractivity contribution in [3.8, 4) is 0 Å². The van der Waals surface area contributed by atoms with Crippen LogP contribution in [0.5, 0.6) is 0 Å². The minimum absolute atomic E-state index is 0.152. The van der Waals surface area contributed by atoms with E-state index in [-0.39, 0.29) is 11.9 Å². The zero-order valence-corrected chi connectivity index (χ0v) is 24.7. The number of fused-ring (bicyclic) bond motifs is 1. The average Bonchev–Trinajstić information content (AvgIpc) is 3.37. The first-order chi connectivity index (χ1) is 19.8. The number of aromatic nitrogens is 1. The maximum atomic E-state index is 13.6. The lowest BCUT2D eigenvalue weighted by Gasteiger charge is -2.31. The van der Waals surface area contributed by atoms with Crippen LogP contribution in [-0.4, -0.2) is 81.4 Å². The smallest absolute Gasteiger partial charge is 0.323 e. The summed E-state index contributed by atoms with van der Waals surface area (Å²) in [5.41, 5.74) is 3.49. The lowest BCUT2D eigenvalue weighted by molar-refractivity contribution is 0.0351. The molecule has 4 aromatic rings. The van der Waals surface area contributed by atoms with E-state index in [0.717, 1.165) is 37.0 Å². The zero-order valence-electron chi connectivity index (χ0n) is 23.0. The summed E-state index contributed by atoms with van der Waals surface area (Å²) in [5, 5.41) is 3.48. The van der Waals surface area contributed by atoms with Gasteiger partial charge in [-0.1, -0.05) is 72.0 Å². The standard InChI is InChI=1S/C30H35N5O4S2/c1-41(37,38)33-25-12-13-28-27(22-25)31-29(40-28)32-30(36)35(17-16-34-18-20-39-21-19-34)15-14-26(23-8-4-2-5-9-23)24-10-6-3-7-11-24/h2-13,22,26,33H,14-21H2,1H3,(H,31,32,36). The Morgan fingerprint density at radius 2 is 1.66 bits per heavy atom. The van der Waals surface area contributed by atoms with Crippen LogP contribution in [0.15, 0.2) is 78.9 Å².